The average Bonchev–Trinajstić information content (AvgIpc) is 3.45. The van der Waals surface area contributed by atoms with Crippen molar-refractivity contribution in [2.24, 2.45) is 0 Å². The van der Waals surface area contributed by atoms with Crippen LogP contribution in [0.3, 0.4) is 0 Å². The van der Waals surface area contributed by atoms with E-state index in [1.54, 1.807) is 17.2 Å². The highest BCUT2D eigenvalue weighted by Gasteiger charge is 2.36. The molecule has 1 aliphatic heterocycles. The zero-order valence-corrected chi connectivity index (χ0v) is 28.8. The molecule has 0 amide bonds. The van der Waals surface area contributed by atoms with Gasteiger partial charge in [0.15, 0.2) is 0 Å². The van der Waals surface area contributed by atoms with Crippen molar-refractivity contribution in [1.82, 2.24) is 0 Å². The zero-order valence-electron chi connectivity index (χ0n) is 27.9. The van der Waals surface area contributed by atoms with Crippen LogP contribution in [-0.4, -0.2) is 18.5 Å². The van der Waals surface area contributed by atoms with Crippen molar-refractivity contribution in [2.45, 2.75) is 118 Å². The van der Waals surface area contributed by atoms with Crippen LogP contribution in [0.5, 0.6) is 0 Å². The van der Waals surface area contributed by atoms with Crippen LogP contribution in [0, 0.1) is 20.8 Å². The lowest BCUT2D eigenvalue weighted by Crippen LogP contribution is -1.96. The Morgan fingerprint density at radius 2 is 1.59 bits per heavy atom. The van der Waals surface area contributed by atoms with Gasteiger partial charge in [-0.15, -0.1) is 14.5 Å². The maximum Gasteiger partial charge on any atom is 0.00818 e. The molecule has 1 heterocycles. The second kappa shape index (κ2) is 22.4. The lowest BCUT2D eigenvalue weighted by molar-refractivity contribution is 0.661. The summed E-state index contributed by atoms with van der Waals surface area (Å²) < 4.78 is 0. The fourth-order valence-corrected chi connectivity index (χ4v) is 6.65. The minimum atomic E-state index is 0.240. The fraction of sp³-hybridized carbons (Fsp3) is 0.500. The quantitative estimate of drug-likeness (QED) is 0.143. The summed E-state index contributed by atoms with van der Waals surface area (Å²) in [5.74, 6) is 0. The Hall–Kier alpha value is -2.17. The summed E-state index contributed by atoms with van der Waals surface area (Å²) in [7, 11) is 0.240. The first-order chi connectivity index (χ1) is 19.8. The minimum Gasteiger partial charge on any atom is -0.103 e. The molecule has 0 bridgehead atoms. The molecule has 0 radical (unpaired) electrons. The highest BCUT2D eigenvalue weighted by Crippen LogP contribution is 2.61. The third-order valence-electron chi connectivity index (χ3n) is 7.66. The van der Waals surface area contributed by atoms with Crippen LogP contribution in [0.15, 0.2) is 85.0 Å². The Labute approximate surface area is 256 Å². The number of unbranched alkanes of at least 4 members (excludes halogenated alkanes) is 4. The van der Waals surface area contributed by atoms with Gasteiger partial charge in [-0.2, -0.15) is 0 Å². The van der Waals surface area contributed by atoms with Crippen LogP contribution in [0.2, 0.25) is 0 Å². The van der Waals surface area contributed by atoms with E-state index < -0.39 is 0 Å². The molecule has 1 fully saturated rings. The second-order valence-electron chi connectivity index (χ2n) is 11.6. The Kier molecular flexibility index (Phi) is 20.2. The Morgan fingerprint density at radius 1 is 0.902 bits per heavy atom. The standard InChI is InChI=1S/C22H27P.C11H18.C4H10.C3H6/c1-16-12-13-17(2)19(14-16)9-7-11-21(22-15-23(22)4)20-10-6-5-8-18(20)3;1-2-3-4-5-8-11-9-6-7-10-11;1-3-4-2;1-3-2/h5-6,8,10-14,22H,7,9,15H2,1-4H3;6-7,9H,2-5,8,10H2,1H3;3-4H2,1-2H3;3H,1H2,2H3/b21-11+;;;. The van der Waals surface area contributed by atoms with Gasteiger partial charge in [0, 0.05) is 5.66 Å². The van der Waals surface area contributed by atoms with Gasteiger partial charge in [0.25, 0.3) is 0 Å². The van der Waals surface area contributed by atoms with Crippen LogP contribution in [0.25, 0.3) is 5.57 Å². The van der Waals surface area contributed by atoms with Gasteiger partial charge in [-0.05, 0) is 100 Å². The highest BCUT2D eigenvalue weighted by molar-refractivity contribution is 7.66. The van der Waals surface area contributed by atoms with E-state index in [1.165, 1.54) is 85.3 Å². The van der Waals surface area contributed by atoms with Crippen molar-refractivity contribution in [3.05, 3.63) is 113 Å². The molecule has 226 valence electrons. The van der Waals surface area contributed by atoms with Gasteiger partial charge in [-0.1, -0.05) is 137 Å². The molecule has 0 spiro atoms. The third-order valence-corrected chi connectivity index (χ3v) is 9.65. The molecular formula is C40H61P. The minimum absolute atomic E-state index is 0.240. The largest absolute Gasteiger partial charge is 0.103 e. The van der Waals surface area contributed by atoms with Gasteiger partial charge < -0.3 is 0 Å². The number of hydrogen-bond acceptors (Lipinski definition) is 0. The van der Waals surface area contributed by atoms with E-state index in [0.29, 0.717) is 0 Å². The maximum atomic E-state index is 3.36. The summed E-state index contributed by atoms with van der Waals surface area (Å²) in [6, 6.07) is 15.7. The highest BCUT2D eigenvalue weighted by atomic mass is 31.1. The maximum absolute atomic E-state index is 3.36. The molecule has 2 aromatic rings. The Morgan fingerprint density at radius 3 is 2.15 bits per heavy atom. The second-order valence-corrected chi connectivity index (χ2v) is 14.1. The molecule has 1 heteroatoms. The summed E-state index contributed by atoms with van der Waals surface area (Å²) in [5, 5.41) is 0. The van der Waals surface area contributed by atoms with Crippen LogP contribution in [0.4, 0.5) is 0 Å². The summed E-state index contributed by atoms with van der Waals surface area (Å²) in [4.78, 5) is 0. The van der Waals surface area contributed by atoms with Gasteiger partial charge in [-0.3, -0.25) is 0 Å². The predicted molar refractivity (Wildman–Crippen MR) is 192 cm³/mol. The average molecular weight is 573 g/mol. The van der Waals surface area contributed by atoms with E-state index in [4.69, 9.17) is 0 Å². The van der Waals surface area contributed by atoms with Crippen LogP contribution in [-0.2, 0) is 6.42 Å². The molecule has 0 saturated carbocycles. The summed E-state index contributed by atoms with van der Waals surface area (Å²) in [5.41, 5.74) is 11.3. The van der Waals surface area contributed by atoms with Gasteiger partial charge in [-0.25, -0.2) is 0 Å². The molecule has 0 nitrogen and oxygen atoms in total. The molecule has 0 aromatic heterocycles. The molecule has 2 atom stereocenters. The summed E-state index contributed by atoms with van der Waals surface area (Å²) in [6.07, 6.45) is 25.4. The van der Waals surface area contributed by atoms with Crippen molar-refractivity contribution in [3.63, 3.8) is 0 Å². The summed E-state index contributed by atoms with van der Waals surface area (Å²) >= 11 is 0. The Balaban J connectivity index is 0.000000387. The van der Waals surface area contributed by atoms with Gasteiger partial charge in [0.1, 0.15) is 0 Å². The number of rotatable bonds is 11. The third kappa shape index (κ3) is 15.6. The number of aryl methyl sites for hydroxylation is 4. The lowest BCUT2D eigenvalue weighted by Gasteiger charge is -2.11. The van der Waals surface area contributed by atoms with E-state index >= 15 is 0 Å². The van der Waals surface area contributed by atoms with Gasteiger partial charge in [0.05, 0.1) is 0 Å². The normalized spacial score (nSPS) is 16.8. The molecule has 2 unspecified atom stereocenters. The van der Waals surface area contributed by atoms with Crippen molar-refractivity contribution in [3.8, 4) is 0 Å². The molecule has 1 aliphatic carbocycles. The first kappa shape index (κ1) is 36.9. The first-order valence-corrected chi connectivity index (χ1v) is 18.3. The van der Waals surface area contributed by atoms with Crippen molar-refractivity contribution >= 4 is 13.5 Å². The van der Waals surface area contributed by atoms with Gasteiger partial charge in [0.2, 0.25) is 0 Å². The zero-order chi connectivity index (χ0) is 30.5. The fourth-order valence-electron chi connectivity index (χ4n) is 4.79. The van der Waals surface area contributed by atoms with Crippen molar-refractivity contribution in [2.75, 3.05) is 12.8 Å². The van der Waals surface area contributed by atoms with Crippen LogP contribution < -0.4 is 0 Å². The summed E-state index contributed by atoms with van der Waals surface area (Å²) in [6.45, 7) is 21.0. The Bertz CT molecular complexity index is 1080. The number of benzene rings is 2. The monoisotopic (exact) mass is 572 g/mol. The SMILES string of the molecule is C=CC.CCCC.CCCCCCC1=CC=CC1.Cc1ccc(C)c(CC/C=C(\c2ccccc2C)C2CP2C)c1. The van der Waals surface area contributed by atoms with Crippen molar-refractivity contribution in [1.29, 1.82) is 0 Å². The van der Waals surface area contributed by atoms with E-state index in [9.17, 15) is 0 Å². The van der Waals surface area contributed by atoms with E-state index in [-0.39, 0.29) is 7.92 Å². The smallest absolute Gasteiger partial charge is 0.00818 e. The first-order valence-electron chi connectivity index (χ1n) is 16.3. The molecule has 2 aliphatic rings. The van der Waals surface area contributed by atoms with Gasteiger partial charge >= 0.3 is 0 Å². The van der Waals surface area contributed by atoms with Crippen LogP contribution >= 0.6 is 7.92 Å². The molecule has 4 rings (SSSR count). The predicted octanol–water partition coefficient (Wildman–Crippen LogP) is 13.0. The molecular weight excluding hydrogens is 511 g/mol. The number of allylic oxidation sites excluding steroid dienone is 7. The van der Waals surface area contributed by atoms with E-state index in [1.807, 2.05) is 6.92 Å². The van der Waals surface area contributed by atoms with Crippen molar-refractivity contribution < 1.29 is 0 Å². The molecule has 0 N–H and O–H groups in total. The number of hydrogen-bond donors (Lipinski definition) is 0. The van der Waals surface area contributed by atoms with Crippen LogP contribution in [0.1, 0.15) is 113 Å². The molecule has 41 heavy (non-hydrogen) atoms. The van der Waals surface area contributed by atoms with E-state index in [2.05, 4.69) is 122 Å². The lowest BCUT2D eigenvalue weighted by atomic mass is 9.96. The topological polar surface area (TPSA) is 0 Å². The molecule has 2 aromatic carbocycles. The van der Waals surface area contributed by atoms with E-state index in [0.717, 1.165) is 18.5 Å². The molecule has 1 saturated heterocycles.